The number of carbonyl (C=O) groups excluding carboxylic acids is 1. The van der Waals surface area contributed by atoms with Crippen LogP contribution in [0.15, 0.2) is 35.8 Å². The van der Waals surface area contributed by atoms with Crippen LogP contribution in [0.5, 0.6) is 11.5 Å². The van der Waals surface area contributed by atoms with E-state index < -0.39 is 0 Å². The maximum Gasteiger partial charge on any atom is 0.266 e. The molecule has 0 unspecified atom stereocenters. The van der Waals surface area contributed by atoms with E-state index in [-0.39, 0.29) is 5.91 Å². The molecule has 0 aromatic heterocycles. The van der Waals surface area contributed by atoms with Crippen LogP contribution in [-0.2, 0) is 4.79 Å². The summed E-state index contributed by atoms with van der Waals surface area (Å²) in [6.45, 7) is 6.52. The predicted molar refractivity (Wildman–Crippen MR) is 94.2 cm³/mol. The molecule has 2 rings (SSSR count). The minimum atomic E-state index is -0.0938. The van der Waals surface area contributed by atoms with Crippen LogP contribution in [0.3, 0.4) is 0 Å². The number of thioether (sulfide) groups is 1. The Labute approximate surface area is 139 Å². The van der Waals surface area contributed by atoms with Gasteiger partial charge in [-0.1, -0.05) is 36.1 Å². The average Bonchev–Trinajstić information content (AvgIpc) is 2.76. The number of benzene rings is 1. The molecule has 4 nitrogen and oxygen atoms in total. The van der Waals surface area contributed by atoms with Gasteiger partial charge in [-0.25, -0.2) is 0 Å². The van der Waals surface area contributed by atoms with E-state index in [0.717, 1.165) is 5.56 Å². The van der Waals surface area contributed by atoms with Crippen LogP contribution < -0.4 is 9.47 Å². The summed E-state index contributed by atoms with van der Waals surface area (Å²) in [5.41, 5.74) is 0.864. The van der Waals surface area contributed by atoms with E-state index in [9.17, 15) is 4.79 Å². The Morgan fingerprint density at radius 2 is 2.18 bits per heavy atom. The lowest BCUT2D eigenvalue weighted by Gasteiger charge is -2.11. The minimum Gasteiger partial charge on any atom is -0.493 e. The van der Waals surface area contributed by atoms with Gasteiger partial charge in [-0.2, -0.15) is 0 Å². The van der Waals surface area contributed by atoms with Crippen molar-refractivity contribution in [3.8, 4) is 11.5 Å². The fraction of sp³-hybridized carbons (Fsp3) is 0.250. The molecular formula is C16H17NO3S2. The lowest BCUT2D eigenvalue weighted by atomic mass is 10.2. The van der Waals surface area contributed by atoms with Gasteiger partial charge in [0.05, 0.1) is 18.6 Å². The number of hydrogen-bond donors (Lipinski definition) is 0. The van der Waals surface area contributed by atoms with Gasteiger partial charge in [0.25, 0.3) is 5.91 Å². The van der Waals surface area contributed by atoms with Gasteiger partial charge >= 0.3 is 0 Å². The Bertz CT molecular complexity index is 640. The normalized spacial score (nSPS) is 16.3. The van der Waals surface area contributed by atoms with E-state index in [2.05, 4.69) is 6.58 Å². The molecular weight excluding hydrogens is 318 g/mol. The summed E-state index contributed by atoms with van der Waals surface area (Å²) in [7, 11) is 1.60. The van der Waals surface area contributed by atoms with Crippen molar-refractivity contribution < 1.29 is 14.3 Å². The molecule has 0 atom stereocenters. The van der Waals surface area contributed by atoms with Gasteiger partial charge in [-0.05, 0) is 30.7 Å². The van der Waals surface area contributed by atoms with Crippen molar-refractivity contribution >= 4 is 40.3 Å². The number of methoxy groups -OCH3 is 1. The summed E-state index contributed by atoms with van der Waals surface area (Å²) in [6.07, 6.45) is 3.47. The smallest absolute Gasteiger partial charge is 0.266 e. The number of ether oxygens (including phenoxy) is 2. The molecule has 0 radical (unpaired) electrons. The fourth-order valence-corrected chi connectivity index (χ4v) is 3.26. The molecule has 1 saturated heterocycles. The molecule has 1 fully saturated rings. The van der Waals surface area contributed by atoms with Crippen LogP contribution in [0.1, 0.15) is 12.5 Å². The molecule has 1 aliphatic rings. The van der Waals surface area contributed by atoms with Crippen molar-refractivity contribution in [2.45, 2.75) is 6.92 Å². The van der Waals surface area contributed by atoms with E-state index >= 15 is 0 Å². The van der Waals surface area contributed by atoms with Crippen LogP contribution in [0.4, 0.5) is 0 Å². The summed E-state index contributed by atoms with van der Waals surface area (Å²) in [4.78, 5) is 14.4. The first-order chi connectivity index (χ1) is 10.6. The number of carbonyl (C=O) groups is 1. The van der Waals surface area contributed by atoms with Crippen LogP contribution >= 0.6 is 24.0 Å². The van der Waals surface area contributed by atoms with E-state index in [1.165, 1.54) is 16.7 Å². The maximum absolute atomic E-state index is 12.3. The zero-order valence-electron chi connectivity index (χ0n) is 12.5. The number of amides is 1. The molecule has 1 aromatic carbocycles. The Morgan fingerprint density at radius 1 is 1.41 bits per heavy atom. The number of rotatable bonds is 6. The highest BCUT2D eigenvalue weighted by molar-refractivity contribution is 8.26. The second-order valence-corrected chi connectivity index (χ2v) is 6.10. The highest BCUT2D eigenvalue weighted by atomic mass is 32.2. The molecule has 116 valence electrons. The zero-order valence-corrected chi connectivity index (χ0v) is 14.1. The van der Waals surface area contributed by atoms with Crippen LogP contribution in [-0.4, -0.2) is 35.4 Å². The molecule has 0 N–H and O–H groups in total. The van der Waals surface area contributed by atoms with Gasteiger partial charge in [-0.3, -0.25) is 9.69 Å². The van der Waals surface area contributed by atoms with Crippen molar-refractivity contribution in [3.63, 3.8) is 0 Å². The highest BCUT2D eigenvalue weighted by Gasteiger charge is 2.30. The monoisotopic (exact) mass is 335 g/mol. The first-order valence-corrected chi connectivity index (χ1v) is 8.00. The lowest BCUT2D eigenvalue weighted by Crippen LogP contribution is -2.27. The molecule has 0 saturated carbocycles. The summed E-state index contributed by atoms with van der Waals surface area (Å²) in [6, 6.07) is 5.55. The fourth-order valence-electron chi connectivity index (χ4n) is 1.99. The van der Waals surface area contributed by atoms with Gasteiger partial charge in [-0.15, -0.1) is 6.58 Å². The van der Waals surface area contributed by atoms with Gasteiger partial charge < -0.3 is 9.47 Å². The summed E-state index contributed by atoms with van der Waals surface area (Å²) < 4.78 is 11.3. The van der Waals surface area contributed by atoms with E-state index in [0.29, 0.717) is 33.9 Å². The lowest BCUT2D eigenvalue weighted by molar-refractivity contribution is -0.121. The highest BCUT2D eigenvalue weighted by Crippen LogP contribution is 2.34. The van der Waals surface area contributed by atoms with Gasteiger partial charge in [0.15, 0.2) is 11.5 Å². The largest absolute Gasteiger partial charge is 0.493 e. The summed E-state index contributed by atoms with van der Waals surface area (Å²) in [5.74, 6) is 1.22. The quantitative estimate of drug-likeness (QED) is 0.452. The number of hydrogen-bond acceptors (Lipinski definition) is 5. The van der Waals surface area contributed by atoms with E-state index in [4.69, 9.17) is 21.7 Å². The molecule has 1 heterocycles. The third kappa shape index (κ3) is 3.51. The summed E-state index contributed by atoms with van der Waals surface area (Å²) in [5, 5.41) is 0. The van der Waals surface area contributed by atoms with Crippen LogP contribution in [0.25, 0.3) is 6.08 Å². The van der Waals surface area contributed by atoms with Crippen LogP contribution in [0.2, 0.25) is 0 Å². The molecule has 0 aliphatic carbocycles. The Kier molecular flexibility index (Phi) is 5.63. The van der Waals surface area contributed by atoms with Gasteiger partial charge in [0.1, 0.15) is 4.32 Å². The predicted octanol–water partition coefficient (Wildman–Crippen LogP) is 3.48. The number of thiocarbonyl (C=S) groups is 1. The van der Waals surface area contributed by atoms with Crippen molar-refractivity contribution in [3.05, 3.63) is 41.3 Å². The second kappa shape index (κ2) is 7.47. The molecule has 0 spiro atoms. The molecule has 6 heteroatoms. The standard InChI is InChI=1S/C16H17NO3S2/c1-4-8-17-15(18)14(22-16(17)21)10-11-6-7-12(19-3)13(9-11)20-5-2/h4,6-7,9-10H,1,5,8H2,2-3H3/b14-10-. The topological polar surface area (TPSA) is 38.8 Å². The van der Waals surface area contributed by atoms with Crippen molar-refractivity contribution in [1.29, 1.82) is 0 Å². The molecule has 22 heavy (non-hydrogen) atoms. The van der Waals surface area contributed by atoms with Crippen molar-refractivity contribution in [1.82, 2.24) is 4.90 Å². The van der Waals surface area contributed by atoms with Crippen molar-refractivity contribution in [2.75, 3.05) is 20.3 Å². The maximum atomic E-state index is 12.3. The molecule has 1 aromatic rings. The second-order valence-electron chi connectivity index (χ2n) is 4.42. The molecule has 1 aliphatic heterocycles. The third-order valence-corrected chi connectivity index (χ3v) is 4.35. The van der Waals surface area contributed by atoms with E-state index in [1.807, 2.05) is 31.2 Å². The Hall–Kier alpha value is -1.79. The first kappa shape index (κ1) is 16.6. The zero-order chi connectivity index (χ0) is 16.1. The van der Waals surface area contributed by atoms with E-state index in [1.54, 1.807) is 13.2 Å². The van der Waals surface area contributed by atoms with Crippen molar-refractivity contribution in [2.24, 2.45) is 0 Å². The average molecular weight is 335 g/mol. The minimum absolute atomic E-state index is 0.0938. The van der Waals surface area contributed by atoms with Gasteiger partial charge in [0.2, 0.25) is 0 Å². The molecule has 0 bridgehead atoms. The first-order valence-electron chi connectivity index (χ1n) is 6.77. The Balaban J connectivity index is 2.29. The molecule has 1 amide bonds. The summed E-state index contributed by atoms with van der Waals surface area (Å²) >= 11 is 6.51. The Morgan fingerprint density at radius 3 is 2.82 bits per heavy atom. The third-order valence-electron chi connectivity index (χ3n) is 2.97. The number of nitrogens with zero attached hydrogens (tertiary/aromatic N) is 1. The van der Waals surface area contributed by atoms with Gasteiger partial charge in [0, 0.05) is 6.54 Å². The van der Waals surface area contributed by atoms with Crippen LogP contribution in [0, 0.1) is 0 Å². The SMILES string of the molecule is C=CCN1C(=O)/C(=C/c2ccc(OC)c(OCC)c2)SC1=S.